The van der Waals surface area contributed by atoms with Gasteiger partial charge in [-0.25, -0.2) is 4.79 Å². The van der Waals surface area contributed by atoms with Crippen LogP contribution in [-0.2, 0) is 25.5 Å². The number of oxime groups is 1. The van der Waals surface area contributed by atoms with Crippen LogP contribution < -0.4 is 0 Å². The number of nitrogens with zero attached hydrogens (tertiary/aromatic N) is 2. The minimum Gasteiger partial charge on any atom is -0.462 e. The molecule has 0 radical (unpaired) electrons. The first kappa shape index (κ1) is 25.7. The molecule has 1 saturated heterocycles. The van der Waals surface area contributed by atoms with Crippen LogP contribution in [0.5, 0.6) is 0 Å². The number of amides is 1. The molecule has 184 valence electrons. The summed E-state index contributed by atoms with van der Waals surface area (Å²) < 4.78 is 11.2. The SMILES string of the molecule is Cc1cc(C)c2c(c1)C/C(=N\OCC(=O)N1CC(C)OC(C)C1)C=CCC/C=C/CCOC2=O. The van der Waals surface area contributed by atoms with Gasteiger partial charge in [-0.3, -0.25) is 4.79 Å². The zero-order valence-corrected chi connectivity index (χ0v) is 20.7. The molecule has 2 unspecified atom stereocenters. The van der Waals surface area contributed by atoms with Crippen LogP contribution in [0.15, 0.2) is 41.6 Å². The van der Waals surface area contributed by atoms with Gasteiger partial charge in [0.25, 0.3) is 5.91 Å². The lowest BCUT2D eigenvalue weighted by Crippen LogP contribution is -2.49. The van der Waals surface area contributed by atoms with Crippen molar-refractivity contribution in [2.45, 2.75) is 65.6 Å². The molecule has 0 aromatic heterocycles. The highest BCUT2D eigenvalue weighted by Crippen LogP contribution is 2.20. The number of esters is 1. The van der Waals surface area contributed by atoms with Gasteiger partial charge in [0.15, 0.2) is 6.61 Å². The number of carbonyl (C=O) groups is 2. The Hall–Kier alpha value is -2.93. The molecule has 0 N–H and O–H groups in total. The summed E-state index contributed by atoms with van der Waals surface area (Å²) in [6.45, 7) is 9.14. The molecule has 34 heavy (non-hydrogen) atoms. The molecule has 1 fully saturated rings. The van der Waals surface area contributed by atoms with Crippen LogP contribution in [0.25, 0.3) is 0 Å². The zero-order chi connectivity index (χ0) is 24.5. The molecule has 1 aromatic carbocycles. The molecule has 0 saturated carbocycles. The lowest BCUT2D eigenvalue weighted by atomic mass is 9.95. The molecular formula is C27H36N2O5. The fourth-order valence-electron chi connectivity index (χ4n) is 4.39. The summed E-state index contributed by atoms with van der Waals surface area (Å²) in [7, 11) is 0. The number of benzene rings is 1. The predicted molar refractivity (Wildman–Crippen MR) is 132 cm³/mol. The third-order valence-electron chi connectivity index (χ3n) is 5.77. The Morgan fingerprint density at radius 1 is 1.09 bits per heavy atom. The van der Waals surface area contributed by atoms with Crippen molar-refractivity contribution in [3.63, 3.8) is 0 Å². The summed E-state index contributed by atoms with van der Waals surface area (Å²) in [5.74, 6) is -0.440. The summed E-state index contributed by atoms with van der Waals surface area (Å²) in [6, 6.07) is 3.97. The van der Waals surface area contributed by atoms with Gasteiger partial charge in [0, 0.05) is 19.5 Å². The smallest absolute Gasteiger partial charge is 0.338 e. The highest BCUT2D eigenvalue weighted by molar-refractivity contribution is 6.00. The van der Waals surface area contributed by atoms with E-state index in [1.807, 2.05) is 58.1 Å². The number of morpholine rings is 1. The average molecular weight is 469 g/mol. The minimum atomic E-state index is -0.326. The molecule has 3 rings (SSSR count). The van der Waals surface area contributed by atoms with Gasteiger partial charge >= 0.3 is 5.97 Å². The number of hydrogen-bond acceptors (Lipinski definition) is 6. The molecule has 7 heteroatoms. The van der Waals surface area contributed by atoms with Crippen molar-refractivity contribution >= 4 is 17.6 Å². The monoisotopic (exact) mass is 468 g/mol. The van der Waals surface area contributed by atoms with Gasteiger partial charge in [0.05, 0.1) is 30.1 Å². The first-order valence-corrected chi connectivity index (χ1v) is 12.0. The van der Waals surface area contributed by atoms with E-state index in [4.69, 9.17) is 14.3 Å². The third-order valence-corrected chi connectivity index (χ3v) is 5.77. The number of hydrogen-bond donors (Lipinski definition) is 0. The van der Waals surface area contributed by atoms with Crippen LogP contribution in [-0.4, -0.2) is 61.0 Å². The van der Waals surface area contributed by atoms with Crippen molar-refractivity contribution in [2.75, 3.05) is 26.3 Å². The van der Waals surface area contributed by atoms with Gasteiger partial charge in [-0.2, -0.15) is 0 Å². The molecule has 1 aromatic rings. The van der Waals surface area contributed by atoms with Gasteiger partial charge in [-0.05, 0) is 64.2 Å². The quantitative estimate of drug-likeness (QED) is 0.375. The molecule has 2 aliphatic heterocycles. The second-order valence-corrected chi connectivity index (χ2v) is 9.08. The Morgan fingerprint density at radius 3 is 2.56 bits per heavy atom. The van der Waals surface area contributed by atoms with E-state index in [2.05, 4.69) is 11.2 Å². The van der Waals surface area contributed by atoms with E-state index >= 15 is 0 Å². The van der Waals surface area contributed by atoms with Gasteiger partial charge in [-0.15, -0.1) is 0 Å². The minimum absolute atomic E-state index is 0.00155. The molecule has 0 bridgehead atoms. The summed E-state index contributed by atoms with van der Waals surface area (Å²) in [6.07, 6.45) is 10.9. The first-order chi connectivity index (χ1) is 16.3. The second-order valence-electron chi connectivity index (χ2n) is 9.08. The normalized spacial score (nSPS) is 24.2. The maximum Gasteiger partial charge on any atom is 0.338 e. The Balaban J connectivity index is 1.79. The van der Waals surface area contributed by atoms with Crippen LogP contribution in [0.3, 0.4) is 0 Å². The number of fused-ring (bicyclic) bond motifs is 1. The predicted octanol–water partition coefficient (Wildman–Crippen LogP) is 4.31. The van der Waals surface area contributed by atoms with Gasteiger partial charge < -0.3 is 19.2 Å². The van der Waals surface area contributed by atoms with Gasteiger partial charge in [0.2, 0.25) is 0 Å². The van der Waals surface area contributed by atoms with Crippen molar-refractivity contribution < 1.29 is 23.9 Å². The maximum absolute atomic E-state index is 12.8. The second kappa shape index (κ2) is 12.5. The number of carbonyl (C=O) groups excluding carboxylic acids is 2. The fourth-order valence-corrected chi connectivity index (χ4v) is 4.39. The molecule has 7 nitrogen and oxygen atoms in total. The summed E-state index contributed by atoms with van der Waals surface area (Å²) >= 11 is 0. The number of aryl methyl sites for hydroxylation is 2. The van der Waals surface area contributed by atoms with E-state index in [0.29, 0.717) is 43.8 Å². The molecule has 2 heterocycles. The first-order valence-electron chi connectivity index (χ1n) is 12.0. The summed E-state index contributed by atoms with van der Waals surface area (Å²) in [5, 5.41) is 4.29. The number of allylic oxidation sites excluding steroid dienone is 3. The molecule has 1 amide bonds. The van der Waals surface area contributed by atoms with Crippen LogP contribution in [0, 0.1) is 13.8 Å². The Bertz CT molecular complexity index is 956. The molecule has 2 atom stereocenters. The maximum atomic E-state index is 12.8. The Morgan fingerprint density at radius 2 is 1.79 bits per heavy atom. The fraction of sp³-hybridized carbons (Fsp3) is 0.519. The van der Waals surface area contributed by atoms with Crippen molar-refractivity contribution in [3.05, 3.63) is 58.7 Å². The van der Waals surface area contributed by atoms with Crippen LogP contribution in [0.4, 0.5) is 0 Å². The van der Waals surface area contributed by atoms with Crippen molar-refractivity contribution in [1.82, 2.24) is 4.90 Å². The molecule has 0 aliphatic carbocycles. The highest BCUT2D eigenvalue weighted by atomic mass is 16.6. The lowest BCUT2D eigenvalue weighted by molar-refractivity contribution is -0.147. The molecular weight excluding hydrogens is 432 g/mol. The third kappa shape index (κ3) is 7.55. The van der Waals surface area contributed by atoms with E-state index in [1.54, 1.807) is 4.90 Å². The van der Waals surface area contributed by atoms with E-state index in [1.165, 1.54) is 0 Å². The van der Waals surface area contributed by atoms with E-state index in [-0.39, 0.29) is 30.7 Å². The van der Waals surface area contributed by atoms with E-state index < -0.39 is 0 Å². The Labute approximate surface area is 202 Å². The average Bonchev–Trinajstić information content (AvgIpc) is 2.76. The zero-order valence-electron chi connectivity index (χ0n) is 20.7. The van der Waals surface area contributed by atoms with Gasteiger partial charge in [-0.1, -0.05) is 41.1 Å². The van der Waals surface area contributed by atoms with Crippen molar-refractivity contribution in [1.29, 1.82) is 0 Å². The van der Waals surface area contributed by atoms with Crippen molar-refractivity contribution in [2.24, 2.45) is 5.16 Å². The van der Waals surface area contributed by atoms with E-state index in [9.17, 15) is 9.59 Å². The van der Waals surface area contributed by atoms with Crippen LogP contribution >= 0.6 is 0 Å². The molecule has 2 aliphatic rings. The van der Waals surface area contributed by atoms with E-state index in [0.717, 1.165) is 29.5 Å². The lowest BCUT2D eigenvalue weighted by Gasteiger charge is -2.35. The number of ether oxygens (including phenoxy) is 2. The van der Waals surface area contributed by atoms with Crippen molar-refractivity contribution in [3.8, 4) is 0 Å². The number of rotatable bonds is 3. The Kier molecular flexibility index (Phi) is 9.45. The largest absolute Gasteiger partial charge is 0.462 e. The summed E-state index contributed by atoms with van der Waals surface area (Å²) in [4.78, 5) is 32.7. The topological polar surface area (TPSA) is 77.4 Å². The van der Waals surface area contributed by atoms with Crippen LogP contribution in [0.2, 0.25) is 0 Å². The number of cyclic esters (lactones) is 1. The molecule has 0 spiro atoms. The highest BCUT2D eigenvalue weighted by Gasteiger charge is 2.26. The summed E-state index contributed by atoms with van der Waals surface area (Å²) in [5.41, 5.74) is 3.99. The van der Waals surface area contributed by atoms with Crippen LogP contribution in [0.1, 0.15) is 60.2 Å². The van der Waals surface area contributed by atoms with Gasteiger partial charge in [0.1, 0.15) is 0 Å². The standard InChI is InChI=1S/C27H36N2O5/c1-19-13-20(2)26-23(14-19)15-24(11-9-7-5-6-8-10-12-32-27(26)31)28-33-18-25(30)29-16-21(3)34-22(4)17-29/h6,8-9,11,13-14,21-22H,5,7,10,12,15-18H2,1-4H3/b8-6+,11-9?,28-24-.